The maximum Gasteiger partial charge on any atom is 0.0166 e. The van der Waals surface area contributed by atoms with E-state index in [4.69, 9.17) is 0 Å². The van der Waals surface area contributed by atoms with Crippen molar-refractivity contribution in [2.75, 3.05) is 32.7 Å². The molecule has 1 unspecified atom stereocenters. The van der Waals surface area contributed by atoms with E-state index in [1.807, 2.05) is 0 Å². The molecule has 0 aromatic heterocycles. The maximum atomic E-state index is 3.51. The lowest BCUT2D eigenvalue weighted by Gasteiger charge is -2.17. The van der Waals surface area contributed by atoms with Crippen molar-refractivity contribution in [2.24, 2.45) is 0 Å². The molecule has 0 amide bonds. The highest BCUT2D eigenvalue weighted by Gasteiger charge is 2.01. The van der Waals surface area contributed by atoms with Gasteiger partial charge in [0.25, 0.3) is 0 Å². The highest BCUT2D eigenvalue weighted by Crippen LogP contribution is 1.88. The quantitative estimate of drug-likeness (QED) is 0.367. The Hall–Kier alpha value is -0.160. The first-order chi connectivity index (χ1) is 9.52. The molecule has 0 saturated carbocycles. The summed E-state index contributed by atoms with van der Waals surface area (Å²) in [5.41, 5.74) is 0. The van der Waals surface area contributed by atoms with Crippen LogP contribution in [0.2, 0.25) is 0 Å². The van der Waals surface area contributed by atoms with Crippen molar-refractivity contribution in [1.82, 2.24) is 21.3 Å². The molecular weight excluding hydrogens is 248 g/mol. The molecule has 0 saturated heterocycles. The Morgan fingerprint density at radius 1 is 0.650 bits per heavy atom. The van der Waals surface area contributed by atoms with E-state index in [0.717, 1.165) is 32.7 Å². The molecule has 0 aliphatic heterocycles. The predicted molar refractivity (Wildman–Crippen MR) is 90.5 cm³/mol. The van der Waals surface area contributed by atoms with Gasteiger partial charge >= 0.3 is 0 Å². The summed E-state index contributed by atoms with van der Waals surface area (Å²) in [7, 11) is 0. The van der Waals surface area contributed by atoms with E-state index in [2.05, 4.69) is 55.9 Å². The number of nitrogens with one attached hydrogen (secondary N) is 4. The van der Waals surface area contributed by atoms with Gasteiger partial charge in [-0.3, -0.25) is 0 Å². The molecule has 0 fully saturated rings. The third-order valence-electron chi connectivity index (χ3n) is 3.11. The van der Waals surface area contributed by atoms with Crippen molar-refractivity contribution in [3.05, 3.63) is 0 Å². The van der Waals surface area contributed by atoms with E-state index >= 15 is 0 Å². The minimum absolute atomic E-state index is 0.557. The predicted octanol–water partition coefficient (Wildman–Crippen LogP) is 1.72. The smallest absolute Gasteiger partial charge is 0.0166 e. The standard InChI is InChI=1S/C16H38N4/c1-14(2)19-12-8-11-17-9-6-7-10-18-13-16(5)20-15(3)4/h14-20H,6-13H2,1-5H3. The molecule has 0 aromatic rings. The number of unbranched alkanes of at least 4 members (excludes halogenated alkanes) is 1. The largest absolute Gasteiger partial charge is 0.317 e. The third kappa shape index (κ3) is 15.9. The lowest BCUT2D eigenvalue weighted by atomic mass is 10.2. The van der Waals surface area contributed by atoms with Crippen LogP contribution >= 0.6 is 0 Å². The van der Waals surface area contributed by atoms with E-state index in [9.17, 15) is 0 Å². The molecule has 0 aliphatic carbocycles. The fourth-order valence-corrected chi connectivity index (χ4v) is 2.18. The summed E-state index contributed by atoms with van der Waals surface area (Å²) in [4.78, 5) is 0. The Balaban J connectivity index is 3.10. The van der Waals surface area contributed by atoms with E-state index in [0.29, 0.717) is 18.1 Å². The number of rotatable bonds is 14. The highest BCUT2D eigenvalue weighted by atomic mass is 15.0. The first-order valence-electron chi connectivity index (χ1n) is 8.43. The maximum absolute atomic E-state index is 3.51. The van der Waals surface area contributed by atoms with Crippen LogP contribution in [0.5, 0.6) is 0 Å². The summed E-state index contributed by atoms with van der Waals surface area (Å²) in [6.45, 7) is 16.6. The first kappa shape index (κ1) is 19.8. The monoisotopic (exact) mass is 286 g/mol. The van der Waals surface area contributed by atoms with Crippen molar-refractivity contribution in [3.63, 3.8) is 0 Å². The molecule has 0 rings (SSSR count). The molecule has 4 heteroatoms. The van der Waals surface area contributed by atoms with Gasteiger partial charge in [0.1, 0.15) is 0 Å². The zero-order valence-electron chi connectivity index (χ0n) is 14.4. The average molecular weight is 287 g/mol. The van der Waals surface area contributed by atoms with Crippen LogP contribution in [-0.2, 0) is 0 Å². The summed E-state index contributed by atoms with van der Waals surface area (Å²) in [5.74, 6) is 0. The molecule has 0 bridgehead atoms. The van der Waals surface area contributed by atoms with Gasteiger partial charge in [0.05, 0.1) is 0 Å². The molecule has 122 valence electrons. The average Bonchev–Trinajstić information content (AvgIpc) is 2.34. The van der Waals surface area contributed by atoms with Gasteiger partial charge < -0.3 is 21.3 Å². The summed E-state index contributed by atoms with van der Waals surface area (Å²) in [6, 6.07) is 1.73. The van der Waals surface area contributed by atoms with Crippen LogP contribution < -0.4 is 21.3 Å². The van der Waals surface area contributed by atoms with Crippen LogP contribution in [0.1, 0.15) is 53.9 Å². The number of hydrogen-bond donors (Lipinski definition) is 4. The summed E-state index contributed by atoms with van der Waals surface area (Å²) in [5, 5.41) is 14.0. The Labute approximate surface area is 126 Å². The first-order valence-corrected chi connectivity index (χ1v) is 8.43. The summed E-state index contributed by atoms with van der Waals surface area (Å²) in [6.07, 6.45) is 3.73. The van der Waals surface area contributed by atoms with Crippen LogP contribution in [0.15, 0.2) is 0 Å². The molecule has 0 aliphatic rings. The van der Waals surface area contributed by atoms with Crippen molar-refractivity contribution in [2.45, 2.75) is 72.0 Å². The Kier molecular flexibility index (Phi) is 13.7. The number of hydrogen-bond acceptors (Lipinski definition) is 4. The van der Waals surface area contributed by atoms with Crippen LogP contribution in [0.3, 0.4) is 0 Å². The second-order valence-corrected chi connectivity index (χ2v) is 6.35. The molecule has 0 heterocycles. The Morgan fingerprint density at radius 3 is 1.85 bits per heavy atom. The fraction of sp³-hybridized carbons (Fsp3) is 1.00. The van der Waals surface area contributed by atoms with Crippen LogP contribution in [0, 0.1) is 0 Å². The van der Waals surface area contributed by atoms with E-state index in [1.165, 1.54) is 19.3 Å². The molecule has 0 spiro atoms. The topological polar surface area (TPSA) is 48.1 Å². The van der Waals surface area contributed by atoms with Gasteiger partial charge in [0.2, 0.25) is 0 Å². The lowest BCUT2D eigenvalue weighted by Crippen LogP contribution is -2.40. The van der Waals surface area contributed by atoms with E-state index in [-0.39, 0.29) is 0 Å². The molecule has 0 aromatic carbocycles. The molecular formula is C16H38N4. The van der Waals surface area contributed by atoms with Gasteiger partial charge in [-0.15, -0.1) is 0 Å². The summed E-state index contributed by atoms with van der Waals surface area (Å²) >= 11 is 0. The minimum atomic E-state index is 0.557. The molecule has 4 nitrogen and oxygen atoms in total. The van der Waals surface area contributed by atoms with Gasteiger partial charge in [-0.2, -0.15) is 0 Å². The van der Waals surface area contributed by atoms with Crippen molar-refractivity contribution in [1.29, 1.82) is 0 Å². The van der Waals surface area contributed by atoms with Crippen molar-refractivity contribution < 1.29 is 0 Å². The Bertz CT molecular complexity index is 195. The zero-order chi connectivity index (χ0) is 15.2. The van der Waals surface area contributed by atoms with Crippen molar-refractivity contribution in [3.8, 4) is 0 Å². The van der Waals surface area contributed by atoms with Gasteiger partial charge in [0.15, 0.2) is 0 Å². The second-order valence-electron chi connectivity index (χ2n) is 6.35. The van der Waals surface area contributed by atoms with Crippen LogP contribution in [-0.4, -0.2) is 50.8 Å². The van der Waals surface area contributed by atoms with Crippen LogP contribution in [0.4, 0.5) is 0 Å². The lowest BCUT2D eigenvalue weighted by molar-refractivity contribution is 0.455. The van der Waals surface area contributed by atoms with Gasteiger partial charge in [0, 0.05) is 24.7 Å². The molecule has 4 N–H and O–H groups in total. The van der Waals surface area contributed by atoms with Gasteiger partial charge in [-0.1, -0.05) is 27.7 Å². The molecule has 1 atom stereocenters. The third-order valence-corrected chi connectivity index (χ3v) is 3.11. The SMILES string of the molecule is CC(C)NCCCNCCCCNCC(C)NC(C)C. The second kappa shape index (κ2) is 13.8. The minimum Gasteiger partial charge on any atom is -0.317 e. The fourth-order valence-electron chi connectivity index (χ4n) is 2.18. The Morgan fingerprint density at radius 2 is 1.25 bits per heavy atom. The van der Waals surface area contributed by atoms with E-state index < -0.39 is 0 Å². The van der Waals surface area contributed by atoms with Crippen LogP contribution in [0.25, 0.3) is 0 Å². The summed E-state index contributed by atoms with van der Waals surface area (Å²) < 4.78 is 0. The van der Waals surface area contributed by atoms with E-state index in [1.54, 1.807) is 0 Å². The zero-order valence-corrected chi connectivity index (χ0v) is 14.4. The molecule has 20 heavy (non-hydrogen) atoms. The van der Waals surface area contributed by atoms with Gasteiger partial charge in [-0.05, 0) is 52.4 Å². The molecule has 0 radical (unpaired) electrons. The van der Waals surface area contributed by atoms with Gasteiger partial charge in [-0.25, -0.2) is 0 Å². The highest BCUT2D eigenvalue weighted by molar-refractivity contribution is 4.66. The van der Waals surface area contributed by atoms with Crippen molar-refractivity contribution >= 4 is 0 Å². The normalized spacial score (nSPS) is 13.3.